The number of pyridine rings is 1. The van der Waals surface area contributed by atoms with Crippen LogP contribution in [0.25, 0.3) is 21.3 Å². The van der Waals surface area contributed by atoms with Crippen molar-refractivity contribution >= 4 is 34.1 Å². The smallest absolute Gasteiger partial charge is 0.345 e. The number of nitrogens with one attached hydrogen (secondary N) is 3. The lowest BCUT2D eigenvalue weighted by Crippen LogP contribution is -2.36. The number of rotatable bonds is 12. The van der Waals surface area contributed by atoms with Gasteiger partial charge in [-0.3, -0.25) is 9.59 Å². The van der Waals surface area contributed by atoms with Crippen LogP contribution in [0.1, 0.15) is 43.6 Å². The maximum Gasteiger partial charge on any atom is 0.345 e. The molecule has 0 spiro atoms. The van der Waals surface area contributed by atoms with E-state index in [1.807, 2.05) is 24.3 Å². The molecule has 7 N–H and O–H groups in total. The first-order chi connectivity index (χ1) is 23.6. The third-order valence-corrected chi connectivity index (χ3v) is 9.41. The molecule has 0 radical (unpaired) electrons. The Balaban J connectivity index is 1.06. The van der Waals surface area contributed by atoms with Gasteiger partial charge < -0.3 is 36.0 Å². The number of aromatic amines is 1. The van der Waals surface area contributed by atoms with Crippen molar-refractivity contribution in [2.75, 3.05) is 6.54 Å². The number of carbonyl (C=O) groups excluding carboxylic acids is 1. The number of aliphatic hydroxyl groups excluding tert-OH is 1. The van der Waals surface area contributed by atoms with E-state index in [9.17, 15) is 34.8 Å². The molecule has 0 unspecified atom stereocenters. The van der Waals surface area contributed by atoms with Gasteiger partial charge in [-0.2, -0.15) is 0 Å². The van der Waals surface area contributed by atoms with Gasteiger partial charge in [0.15, 0.2) is 0 Å². The lowest BCUT2D eigenvalue weighted by Gasteiger charge is -2.25. The number of hydrogen-bond donors (Lipinski definition) is 7. The number of aromatic hydroxyl groups is 1. The minimum absolute atomic E-state index is 0.0771. The van der Waals surface area contributed by atoms with Crippen molar-refractivity contribution in [1.29, 1.82) is 0 Å². The van der Waals surface area contributed by atoms with E-state index < -0.39 is 17.7 Å². The maximum absolute atomic E-state index is 13.0. The van der Waals surface area contributed by atoms with Gasteiger partial charge in [0.1, 0.15) is 5.75 Å². The molecular weight excluding hydrogens is 642 g/mol. The molecule has 2 heterocycles. The number of carbonyl (C=O) groups is 2. The second kappa shape index (κ2) is 14.3. The number of aliphatic carboxylic acids is 1. The first kappa shape index (κ1) is 33.3. The van der Waals surface area contributed by atoms with Crippen LogP contribution in [-0.4, -0.2) is 43.8 Å². The zero-order valence-electron chi connectivity index (χ0n) is 26.1. The molecule has 6 rings (SSSR count). The first-order valence-electron chi connectivity index (χ1n) is 15.4. The minimum Gasteiger partial charge on any atom is -0.506 e. The largest absolute Gasteiger partial charge is 0.506 e. The predicted molar refractivity (Wildman–Crippen MR) is 187 cm³/mol. The zero-order chi connectivity index (χ0) is 34.5. The molecule has 0 aliphatic rings. The van der Waals surface area contributed by atoms with E-state index in [0.29, 0.717) is 23.1 Å². The Morgan fingerprint density at radius 3 is 2.41 bits per heavy atom. The Hall–Kier alpha value is -5.59. The molecule has 4 aromatic carbocycles. The summed E-state index contributed by atoms with van der Waals surface area (Å²) in [7, 11) is 0. The van der Waals surface area contributed by atoms with Crippen LogP contribution in [0.3, 0.4) is 0 Å². The summed E-state index contributed by atoms with van der Waals surface area (Å²) in [6.45, 7) is 0.868. The zero-order valence-corrected chi connectivity index (χ0v) is 26.9. The fourth-order valence-electron chi connectivity index (χ4n) is 5.72. The molecule has 1 amide bonds. The van der Waals surface area contributed by atoms with Crippen LogP contribution < -0.4 is 16.2 Å². The summed E-state index contributed by atoms with van der Waals surface area (Å²) >= 11 is 1.45. The number of aromatic nitrogens is 1. The van der Waals surface area contributed by atoms with E-state index in [1.54, 1.807) is 78.9 Å². The van der Waals surface area contributed by atoms with Gasteiger partial charge in [0.25, 0.3) is 5.91 Å². The van der Waals surface area contributed by atoms with Crippen LogP contribution >= 0.6 is 11.3 Å². The predicted octanol–water partition coefficient (Wildman–Crippen LogP) is 5.04. The van der Waals surface area contributed by atoms with Crippen molar-refractivity contribution in [3.63, 3.8) is 0 Å². The molecule has 11 heteroatoms. The lowest BCUT2D eigenvalue weighted by molar-refractivity contribution is -0.155. The Morgan fingerprint density at radius 1 is 0.837 bits per heavy atom. The van der Waals surface area contributed by atoms with Crippen LogP contribution in [0.5, 0.6) is 5.75 Å². The summed E-state index contributed by atoms with van der Waals surface area (Å²) in [5.74, 6) is -1.70. The highest BCUT2D eigenvalue weighted by Crippen LogP contribution is 2.35. The number of H-pyrrole nitrogens is 1. The van der Waals surface area contributed by atoms with Crippen molar-refractivity contribution in [3.05, 3.63) is 158 Å². The number of thiophene rings is 1. The topological polar surface area (TPSA) is 172 Å². The SMILES string of the molecule is O=C(NCc1ccc(-c2cccc([C@](O)(C(=O)O)c3ccccc3)c2)s1)c1cccc(CNC[C@H](O)c2ccc(O)c3[nH]c(=O)ccc23)c1. The summed E-state index contributed by atoms with van der Waals surface area (Å²) in [6, 6.07) is 32.0. The molecule has 0 aliphatic carbocycles. The standard InChI is InChI=1S/C38H33N3O7S/c42-31-15-13-29(30-14-17-34(44)41-35(30)31)32(43)22-39-20-23-6-4-8-25(18-23)36(45)40-21-28-12-16-33(49-28)24-7-5-11-27(19-24)38(48,37(46)47)26-9-2-1-3-10-26/h1-19,32,39,42-43,48H,20-22H2,(H,40,45)(H,41,44)(H,46,47)/t32-,38-/m0/s1. The lowest BCUT2D eigenvalue weighted by atomic mass is 9.85. The molecule has 0 saturated heterocycles. The second-order valence-corrected chi connectivity index (χ2v) is 12.7. The number of fused-ring (bicyclic) bond motifs is 1. The average Bonchev–Trinajstić information content (AvgIpc) is 3.60. The highest BCUT2D eigenvalue weighted by atomic mass is 32.1. The fourth-order valence-corrected chi connectivity index (χ4v) is 6.67. The summed E-state index contributed by atoms with van der Waals surface area (Å²) < 4.78 is 0. The third kappa shape index (κ3) is 7.15. The monoisotopic (exact) mass is 675 g/mol. The number of benzene rings is 4. The molecule has 2 aromatic heterocycles. The highest BCUT2D eigenvalue weighted by molar-refractivity contribution is 7.15. The van der Waals surface area contributed by atoms with Gasteiger partial charge >= 0.3 is 5.97 Å². The van der Waals surface area contributed by atoms with E-state index in [0.717, 1.165) is 20.9 Å². The Kier molecular flexibility index (Phi) is 9.70. The molecule has 0 saturated carbocycles. The number of phenols is 1. The van der Waals surface area contributed by atoms with Crippen molar-refractivity contribution < 1.29 is 30.0 Å². The summed E-state index contributed by atoms with van der Waals surface area (Å²) in [6.07, 6.45) is -0.911. The molecule has 49 heavy (non-hydrogen) atoms. The van der Waals surface area contributed by atoms with Gasteiger partial charge in [0.2, 0.25) is 11.2 Å². The summed E-state index contributed by atoms with van der Waals surface area (Å²) in [5, 5.41) is 48.9. The molecule has 10 nitrogen and oxygen atoms in total. The number of amides is 1. The van der Waals surface area contributed by atoms with Crippen LogP contribution in [0, 0.1) is 0 Å². The van der Waals surface area contributed by atoms with Crippen LogP contribution in [0.2, 0.25) is 0 Å². The Morgan fingerprint density at radius 2 is 1.61 bits per heavy atom. The Labute approximate surface area is 285 Å². The van der Waals surface area contributed by atoms with Crippen molar-refractivity contribution in [3.8, 4) is 16.2 Å². The normalized spacial score (nSPS) is 13.1. The number of phenolic OH excluding ortho intramolecular Hbond substituents is 1. The van der Waals surface area contributed by atoms with Gasteiger partial charge in [-0.15, -0.1) is 11.3 Å². The second-order valence-electron chi connectivity index (χ2n) is 11.5. The van der Waals surface area contributed by atoms with Gasteiger partial charge in [0, 0.05) is 45.4 Å². The molecular formula is C38H33N3O7S. The van der Waals surface area contributed by atoms with Crippen molar-refractivity contribution in [2.24, 2.45) is 0 Å². The van der Waals surface area contributed by atoms with E-state index in [4.69, 9.17) is 0 Å². The van der Waals surface area contributed by atoms with E-state index in [1.165, 1.54) is 23.5 Å². The van der Waals surface area contributed by atoms with Crippen molar-refractivity contribution in [2.45, 2.75) is 24.8 Å². The Bertz CT molecular complexity index is 2200. The third-order valence-electron chi connectivity index (χ3n) is 8.27. The van der Waals surface area contributed by atoms with Crippen molar-refractivity contribution in [1.82, 2.24) is 15.6 Å². The van der Waals surface area contributed by atoms with Gasteiger partial charge in [0.05, 0.1) is 18.2 Å². The van der Waals surface area contributed by atoms with E-state index >= 15 is 0 Å². The van der Waals surface area contributed by atoms with Gasteiger partial charge in [-0.1, -0.05) is 66.7 Å². The molecule has 0 aliphatic heterocycles. The van der Waals surface area contributed by atoms with E-state index in [2.05, 4.69) is 15.6 Å². The van der Waals surface area contributed by atoms with Crippen LogP contribution in [0.15, 0.2) is 120 Å². The quantitative estimate of drug-likeness (QED) is 0.0946. The highest BCUT2D eigenvalue weighted by Gasteiger charge is 2.40. The van der Waals surface area contributed by atoms with E-state index in [-0.39, 0.29) is 46.9 Å². The summed E-state index contributed by atoms with van der Waals surface area (Å²) in [5.41, 5.74) is 0.827. The average molecular weight is 676 g/mol. The van der Waals surface area contributed by atoms with Crippen LogP contribution in [-0.2, 0) is 23.5 Å². The number of aliphatic hydroxyl groups is 2. The molecule has 0 fully saturated rings. The molecule has 248 valence electrons. The minimum atomic E-state index is -2.21. The summed E-state index contributed by atoms with van der Waals surface area (Å²) in [4.78, 5) is 41.3. The van der Waals surface area contributed by atoms with Gasteiger partial charge in [-0.25, -0.2) is 4.79 Å². The number of carboxylic acid groups (broad SMARTS) is 1. The number of carboxylic acids is 1. The molecule has 2 atom stereocenters. The number of hydrogen-bond acceptors (Lipinski definition) is 8. The fraction of sp³-hybridized carbons (Fsp3) is 0.132. The molecule has 6 aromatic rings. The van der Waals surface area contributed by atoms with Crippen LogP contribution in [0.4, 0.5) is 0 Å². The van der Waals surface area contributed by atoms with Gasteiger partial charge in [-0.05, 0) is 64.7 Å². The first-order valence-corrected chi connectivity index (χ1v) is 16.3. The maximum atomic E-state index is 13.0. The molecule has 0 bridgehead atoms.